The molecule has 0 aliphatic rings. The minimum Gasteiger partial charge on any atom is -0.468 e. The van der Waals surface area contributed by atoms with E-state index >= 15 is 0 Å². The molecule has 0 amide bonds. The normalized spacial score (nSPS) is 14.1. The summed E-state index contributed by atoms with van der Waals surface area (Å²) in [5.41, 5.74) is -0.776. The SMILES string of the molecule is CNC(C)(Cn1ccnc1-c1cccs1)C(=O)OC. The summed E-state index contributed by atoms with van der Waals surface area (Å²) in [6, 6.07) is 3.99. The van der Waals surface area contributed by atoms with Crippen LogP contribution in [-0.2, 0) is 16.1 Å². The third-order valence-electron chi connectivity index (χ3n) is 3.13. The molecule has 102 valence electrons. The molecular formula is C13H17N3O2S. The summed E-state index contributed by atoms with van der Waals surface area (Å²) in [6.07, 6.45) is 3.61. The minimum absolute atomic E-state index is 0.291. The molecule has 19 heavy (non-hydrogen) atoms. The van der Waals surface area contributed by atoms with Crippen LogP contribution in [0, 0.1) is 0 Å². The highest BCUT2D eigenvalue weighted by Crippen LogP contribution is 2.24. The molecule has 0 aliphatic heterocycles. The number of imidazole rings is 1. The summed E-state index contributed by atoms with van der Waals surface area (Å²) in [7, 11) is 3.14. The number of nitrogens with zero attached hydrogens (tertiary/aromatic N) is 2. The summed E-state index contributed by atoms with van der Waals surface area (Å²) in [4.78, 5) is 17.3. The quantitative estimate of drug-likeness (QED) is 0.847. The number of thiophene rings is 1. The first kappa shape index (κ1) is 13.8. The molecule has 0 radical (unpaired) electrons. The Morgan fingerprint density at radius 1 is 1.63 bits per heavy atom. The summed E-state index contributed by atoms with van der Waals surface area (Å²) >= 11 is 1.62. The van der Waals surface area contributed by atoms with Crippen molar-refractivity contribution in [2.75, 3.05) is 14.2 Å². The Bertz CT molecular complexity index is 550. The number of aromatic nitrogens is 2. The van der Waals surface area contributed by atoms with E-state index in [0.717, 1.165) is 10.7 Å². The Balaban J connectivity index is 2.29. The summed E-state index contributed by atoms with van der Waals surface area (Å²) < 4.78 is 6.81. The molecule has 6 heteroatoms. The second-order valence-electron chi connectivity index (χ2n) is 4.43. The van der Waals surface area contributed by atoms with Gasteiger partial charge in [-0.3, -0.25) is 0 Å². The third kappa shape index (κ3) is 2.69. The number of likely N-dealkylation sites (N-methyl/N-ethyl adjacent to an activating group) is 1. The standard InChI is InChI=1S/C13H17N3O2S/c1-13(14-2,12(17)18-3)9-16-7-6-15-11(16)10-5-4-8-19-10/h4-8,14H,9H2,1-3H3. The van der Waals surface area contributed by atoms with Crippen LogP contribution in [0.25, 0.3) is 10.7 Å². The number of ether oxygens (including phenoxy) is 1. The van der Waals surface area contributed by atoms with E-state index in [1.54, 1.807) is 24.6 Å². The third-order valence-corrected chi connectivity index (χ3v) is 4.00. The van der Waals surface area contributed by atoms with Crippen molar-refractivity contribution in [2.24, 2.45) is 0 Å². The van der Waals surface area contributed by atoms with Crippen molar-refractivity contribution in [3.63, 3.8) is 0 Å². The average Bonchev–Trinajstić information content (AvgIpc) is 3.07. The zero-order valence-electron chi connectivity index (χ0n) is 11.2. The monoisotopic (exact) mass is 279 g/mol. The Hall–Kier alpha value is -1.66. The fraction of sp³-hybridized carbons (Fsp3) is 0.385. The Kier molecular flexibility index (Phi) is 4.01. The molecule has 5 nitrogen and oxygen atoms in total. The fourth-order valence-electron chi connectivity index (χ4n) is 1.88. The van der Waals surface area contributed by atoms with Crippen molar-refractivity contribution >= 4 is 17.3 Å². The van der Waals surface area contributed by atoms with Crippen LogP contribution >= 0.6 is 11.3 Å². The van der Waals surface area contributed by atoms with E-state index in [4.69, 9.17) is 4.74 Å². The van der Waals surface area contributed by atoms with E-state index in [1.165, 1.54) is 7.11 Å². The molecule has 0 fully saturated rings. The van der Waals surface area contributed by atoms with E-state index in [0.29, 0.717) is 6.54 Å². The van der Waals surface area contributed by atoms with Crippen molar-refractivity contribution in [3.8, 4) is 10.7 Å². The number of rotatable bonds is 5. The van der Waals surface area contributed by atoms with E-state index < -0.39 is 5.54 Å². The van der Waals surface area contributed by atoms with Gasteiger partial charge in [0.15, 0.2) is 0 Å². The Morgan fingerprint density at radius 2 is 2.42 bits per heavy atom. The van der Waals surface area contributed by atoms with Crippen LogP contribution in [0.5, 0.6) is 0 Å². The number of carbonyl (C=O) groups is 1. The van der Waals surface area contributed by atoms with E-state index in [-0.39, 0.29) is 5.97 Å². The number of esters is 1. The maximum atomic E-state index is 11.9. The summed E-state index contributed by atoms with van der Waals surface area (Å²) in [6.45, 7) is 2.28. The number of methoxy groups -OCH3 is 1. The lowest BCUT2D eigenvalue weighted by molar-refractivity contribution is -0.148. The molecule has 0 saturated carbocycles. The highest BCUT2D eigenvalue weighted by atomic mass is 32.1. The second kappa shape index (κ2) is 5.54. The first-order valence-corrected chi connectivity index (χ1v) is 6.81. The molecule has 0 saturated heterocycles. The number of hydrogen-bond donors (Lipinski definition) is 1. The van der Waals surface area contributed by atoms with Crippen molar-refractivity contribution in [1.82, 2.24) is 14.9 Å². The zero-order valence-corrected chi connectivity index (χ0v) is 12.0. The molecule has 1 N–H and O–H groups in total. The van der Waals surface area contributed by atoms with Gasteiger partial charge in [0.1, 0.15) is 11.4 Å². The topological polar surface area (TPSA) is 56.2 Å². The van der Waals surface area contributed by atoms with Crippen LogP contribution in [-0.4, -0.2) is 35.2 Å². The van der Waals surface area contributed by atoms with Crippen LogP contribution in [0.1, 0.15) is 6.92 Å². The molecule has 2 rings (SSSR count). The predicted molar refractivity (Wildman–Crippen MR) is 75.0 cm³/mol. The van der Waals surface area contributed by atoms with Crippen molar-refractivity contribution in [3.05, 3.63) is 29.9 Å². The van der Waals surface area contributed by atoms with Gasteiger partial charge in [0, 0.05) is 12.4 Å². The molecule has 1 unspecified atom stereocenters. The summed E-state index contributed by atoms with van der Waals surface area (Å²) in [5, 5.41) is 5.03. The smallest absolute Gasteiger partial charge is 0.327 e. The minimum atomic E-state index is -0.776. The number of hydrogen-bond acceptors (Lipinski definition) is 5. The highest BCUT2D eigenvalue weighted by molar-refractivity contribution is 7.13. The molecule has 0 spiro atoms. The van der Waals surface area contributed by atoms with Gasteiger partial charge in [0.2, 0.25) is 0 Å². The molecule has 0 aromatic carbocycles. The van der Waals surface area contributed by atoms with Crippen molar-refractivity contribution in [1.29, 1.82) is 0 Å². The van der Waals surface area contributed by atoms with E-state index in [2.05, 4.69) is 10.3 Å². The molecule has 0 bridgehead atoms. The van der Waals surface area contributed by atoms with Gasteiger partial charge in [-0.05, 0) is 25.4 Å². The first-order chi connectivity index (χ1) is 9.10. The maximum absolute atomic E-state index is 11.9. The van der Waals surface area contributed by atoms with Gasteiger partial charge in [-0.2, -0.15) is 0 Å². The molecule has 0 aliphatic carbocycles. The molecular weight excluding hydrogens is 262 g/mol. The largest absolute Gasteiger partial charge is 0.468 e. The lowest BCUT2D eigenvalue weighted by Gasteiger charge is -2.27. The van der Waals surface area contributed by atoms with Gasteiger partial charge in [-0.1, -0.05) is 6.07 Å². The number of carbonyl (C=O) groups excluding carboxylic acids is 1. The maximum Gasteiger partial charge on any atom is 0.327 e. The highest BCUT2D eigenvalue weighted by Gasteiger charge is 2.33. The predicted octanol–water partition coefficient (Wildman–Crippen LogP) is 1.76. The molecule has 1 atom stereocenters. The van der Waals surface area contributed by atoms with E-state index in [9.17, 15) is 4.79 Å². The second-order valence-corrected chi connectivity index (χ2v) is 5.38. The van der Waals surface area contributed by atoms with Gasteiger partial charge in [0.05, 0.1) is 18.5 Å². The van der Waals surface area contributed by atoms with Crippen LogP contribution in [0.3, 0.4) is 0 Å². The van der Waals surface area contributed by atoms with E-state index in [1.807, 2.05) is 35.2 Å². The van der Waals surface area contributed by atoms with Gasteiger partial charge in [-0.25, -0.2) is 9.78 Å². The van der Waals surface area contributed by atoms with Crippen LogP contribution in [0.15, 0.2) is 29.9 Å². The van der Waals surface area contributed by atoms with Gasteiger partial charge < -0.3 is 14.6 Å². The Morgan fingerprint density at radius 3 is 3.00 bits per heavy atom. The fourth-order valence-corrected chi connectivity index (χ4v) is 2.62. The molecule has 2 heterocycles. The Labute approximate surface area is 116 Å². The van der Waals surface area contributed by atoms with Crippen LogP contribution in [0.2, 0.25) is 0 Å². The van der Waals surface area contributed by atoms with Gasteiger partial charge >= 0.3 is 5.97 Å². The van der Waals surface area contributed by atoms with Crippen LogP contribution in [0.4, 0.5) is 0 Å². The van der Waals surface area contributed by atoms with Crippen molar-refractivity contribution < 1.29 is 9.53 Å². The zero-order chi connectivity index (χ0) is 13.9. The molecule has 2 aromatic heterocycles. The average molecular weight is 279 g/mol. The van der Waals surface area contributed by atoms with Gasteiger partial charge in [0.25, 0.3) is 0 Å². The number of nitrogens with one attached hydrogen (secondary N) is 1. The van der Waals surface area contributed by atoms with Gasteiger partial charge in [-0.15, -0.1) is 11.3 Å². The lowest BCUT2D eigenvalue weighted by Crippen LogP contribution is -2.51. The summed E-state index contributed by atoms with van der Waals surface area (Å²) in [5.74, 6) is 0.571. The lowest BCUT2D eigenvalue weighted by atomic mass is 10.0. The van der Waals surface area contributed by atoms with Crippen LogP contribution < -0.4 is 5.32 Å². The first-order valence-electron chi connectivity index (χ1n) is 5.93. The van der Waals surface area contributed by atoms with Crippen molar-refractivity contribution in [2.45, 2.75) is 19.0 Å². The molecule has 2 aromatic rings.